The molecule has 0 aliphatic carbocycles. The van der Waals surface area contributed by atoms with Crippen LogP contribution in [0.4, 0.5) is 5.69 Å². The summed E-state index contributed by atoms with van der Waals surface area (Å²) in [7, 11) is 1.59. The lowest BCUT2D eigenvalue weighted by molar-refractivity contribution is -0.146. The fourth-order valence-electron chi connectivity index (χ4n) is 3.01. The number of hydrogen-bond acceptors (Lipinski definition) is 6. The van der Waals surface area contributed by atoms with Crippen molar-refractivity contribution in [2.75, 3.05) is 11.9 Å². The molecular weight excluding hydrogens is 392 g/mol. The van der Waals surface area contributed by atoms with Gasteiger partial charge >= 0.3 is 11.9 Å². The Bertz CT molecular complexity index is 926. The first-order valence-electron chi connectivity index (χ1n) is 7.85. The molecule has 0 unspecified atom stereocenters. The van der Waals surface area contributed by atoms with Crippen LogP contribution in [0.1, 0.15) is 18.4 Å². The highest BCUT2D eigenvalue weighted by atomic mass is 32.2. The maximum Gasteiger partial charge on any atom is 0.326 e. The Hall–Kier alpha value is -2.72. The molecule has 1 aromatic carbocycles. The Kier molecular flexibility index (Phi) is 5.03. The summed E-state index contributed by atoms with van der Waals surface area (Å²) in [5.41, 5.74) is 1.39. The zero-order valence-corrected chi connectivity index (χ0v) is 15.7. The van der Waals surface area contributed by atoms with Gasteiger partial charge in [-0.15, -0.1) is 0 Å². The van der Waals surface area contributed by atoms with Crippen molar-refractivity contribution in [2.45, 2.75) is 18.9 Å². The second kappa shape index (κ2) is 7.12. The van der Waals surface area contributed by atoms with Gasteiger partial charge in [0, 0.05) is 19.0 Å². The van der Waals surface area contributed by atoms with Crippen LogP contribution in [0.25, 0.3) is 5.57 Å². The molecule has 0 radical (unpaired) electrons. The Morgan fingerprint density at radius 3 is 2.48 bits per heavy atom. The van der Waals surface area contributed by atoms with Gasteiger partial charge in [0.1, 0.15) is 10.4 Å². The van der Waals surface area contributed by atoms with Crippen LogP contribution in [0.2, 0.25) is 0 Å². The molecule has 2 aliphatic rings. The largest absolute Gasteiger partial charge is 0.481 e. The van der Waals surface area contributed by atoms with Crippen LogP contribution in [0.5, 0.6) is 0 Å². The topological polar surface area (TPSA) is 115 Å². The normalized spacial score (nSPS) is 20.3. The van der Waals surface area contributed by atoms with Gasteiger partial charge in [-0.05, 0) is 12.5 Å². The second-order valence-corrected chi connectivity index (χ2v) is 7.56. The molecule has 0 bridgehead atoms. The van der Waals surface area contributed by atoms with E-state index in [1.165, 1.54) is 4.90 Å². The van der Waals surface area contributed by atoms with E-state index >= 15 is 0 Å². The van der Waals surface area contributed by atoms with E-state index in [0.717, 1.165) is 16.7 Å². The molecule has 140 valence electrons. The van der Waals surface area contributed by atoms with Crippen molar-refractivity contribution in [3.05, 3.63) is 34.7 Å². The predicted octanol–water partition coefficient (Wildman–Crippen LogP) is 1.55. The third-order valence-electron chi connectivity index (χ3n) is 4.31. The first-order valence-corrected chi connectivity index (χ1v) is 9.08. The maximum absolute atomic E-state index is 12.9. The second-order valence-electron chi connectivity index (χ2n) is 5.92. The zero-order chi connectivity index (χ0) is 19.9. The maximum atomic E-state index is 12.9. The molecule has 2 amide bonds. The van der Waals surface area contributed by atoms with Crippen LogP contribution in [0.15, 0.2) is 29.2 Å². The number of carboxylic acids is 2. The summed E-state index contributed by atoms with van der Waals surface area (Å²) in [6, 6.07) is 5.55. The van der Waals surface area contributed by atoms with Crippen molar-refractivity contribution in [3.63, 3.8) is 0 Å². The molecule has 2 heterocycles. The van der Waals surface area contributed by atoms with Gasteiger partial charge in [0.05, 0.1) is 16.2 Å². The number of hydrogen-bond donors (Lipinski definition) is 2. The fourth-order valence-corrected chi connectivity index (χ4v) is 4.44. The van der Waals surface area contributed by atoms with Gasteiger partial charge in [0.15, 0.2) is 0 Å². The van der Waals surface area contributed by atoms with Crippen molar-refractivity contribution in [1.29, 1.82) is 0 Å². The highest BCUT2D eigenvalue weighted by Gasteiger charge is 2.45. The number of carbonyl (C=O) groups is 4. The summed E-state index contributed by atoms with van der Waals surface area (Å²) in [6.45, 7) is 0. The van der Waals surface area contributed by atoms with E-state index in [4.69, 9.17) is 17.3 Å². The Morgan fingerprint density at radius 2 is 1.85 bits per heavy atom. The van der Waals surface area contributed by atoms with Gasteiger partial charge in [0.2, 0.25) is 0 Å². The van der Waals surface area contributed by atoms with Crippen molar-refractivity contribution >= 4 is 63.3 Å². The Labute approximate surface area is 163 Å². The molecule has 3 rings (SSSR count). The molecule has 0 saturated carbocycles. The molecule has 8 nitrogen and oxygen atoms in total. The van der Waals surface area contributed by atoms with E-state index in [9.17, 15) is 24.3 Å². The van der Waals surface area contributed by atoms with Crippen molar-refractivity contribution < 1.29 is 29.4 Å². The van der Waals surface area contributed by atoms with Gasteiger partial charge in [-0.2, -0.15) is 0 Å². The van der Waals surface area contributed by atoms with E-state index in [2.05, 4.69) is 0 Å². The lowest BCUT2D eigenvalue weighted by Gasteiger charge is -2.22. The molecule has 0 spiro atoms. The zero-order valence-electron chi connectivity index (χ0n) is 14.0. The lowest BCUT2D eigenvalue weighted by Crippen LogP contribution is -2.44. The number of benzene rings is 1. The van der Waals surface area contributed by atoms with Gasteiger partial charge in [-0.1, -0.05) is 42.2 Å². The molecular formula is C17H14N2O6S2. The number of carbonyl (C=O) groups excluding carboxylic acids is 2. The molecule has 27 heavy (non-hydrogen) atoms. The van der Waals surface area contributed by atoms with Crippen LogP contribution < -0.4 is 4.90 Å². The fraction of sp³-hybridized carbons (Fsp3) is 0.235. The van der Waals surface area contributed by atoms with Gasteiger partial charge in [-0.25, -0.2) is 4.79 Å². The number of rotatable bonds is 5. The average molecular weight is 406 g/mol. The number of amides is 2. The van der Waals surface area contributed by atoms with Gasteiger partial charge < -0.3 is 15.1 Å². The number of carboxylic acid groups (broad SMARTS) is 2. The molecule has 1 atom stereocenters. The molecule has 10 heteroatoms. The molecule has 1 saturated heterocycles. The van der Waals surface area contributed by atoms with Gasteiger partial charge in [0.25, 0.3) is 11.8 Å². The Morgan fingerprint density at radius 1 is 1.19 bits per heavy atom. The number of thiocarbonyl (C=S) groups is 1. The monoisotopic (exact) mass is 406 g/mol. The number of anilines is 1. The molecule has 1 aromatic rings. The smallest absolute Gasteiger partial charge is 0.326 e. The van der Waals surface area contributed by atoms with Crippen LogP contribution in [-0.2, 0) is 19.2 Å². The lowest BCUT2D eigenvalue weighted by atomic mass is 10.1. The number of nitrogens with zero attached hydrogens (tertiary/aromatic N) is 2. The van der Waals surface area contributed by atoms with E-state index in [1.54, 1.807) is 31.3 Å². The molecule has 2 N–H and O–H groups in total. The van der Waals surface area contributed by atoms with E-state index in [-0.39, 0.29) is 27.1 Å². The van der Waals surface area contributed by atoms with E-state index in [0.29, 0.717) is 11.3 Å². The van der Waals surface area contributed by atoms with E-state index in [1.807, 2.05) is 0 Å². The quantitative estimate of drug-likeness (QED) is 0.559. The van der Waals surface area contributed by atoms with Crippen molar-refractivity contribution in [2.24, 2.45) is 0 Å². The molecule has 0 aromatic heterocycles. The summed E-state index contributed by atoms with van der Waals surface area (Å²) in [6.07, 6.45) is -0.714. The summed E-state index contributed by atoms with van der Waals surface area (Å²) in [5, 5.41) is 18.3. The minimum Gasteiger partial charge on any atom is -0.481 e. The highest BCUT2D eigenvalue weighted by molar-refractivity contribution is 8.26. The van der Waals surface area contributed by atoms with Crippen LogP contribution >= 0.6 is 24.0 Å². The minimum absolute atomic E-state index is 0.0138. The summed E-state index contributed by atoms with van der Waals surface area (Å²) >= 11 is 6.03. The first-order chi connectivity index (χ1) is 12.7. The SMILES string of the molecule is CN1C(=O)/C(=C2\SC(=S)N([C@H](CCC(=O)O)C(=O)O)C2=O)c2ccccc21. The number of fused-ring (bicyclic) bond motifs is 1. The van der Waals surface area contributed by atoms with E-state index < -0.39 is 30.3 Å². The Balaban J connectivity index is 2.03. The van der Waals surface area contributed by atoms with Crippen LogP contribution in [0, 0.1) is 0 Å². The first kappa shape index (κ1) is 19.1. The molecule has 1 fully saturated rings. The minimum atomic E-state index is -1.41. The number of likely N-dealkylation sites (N-methyl/N-ethyl adjacent to an activating group) is 1. The van der Waals surface area contributed by atoms with Crippen LogP contribution in [-0.4, -0.2) is 56.3 Å². The van der Waals surface area contributed by atoms with Crippen molar-refractivity contribution in [3.8, 4) is 0 Å². The average Bonchev–Trinajstić information content (AvgIpc) is 3.03. The van der Waals surface area contributed by atoms with Crippen molar-refractivity contribution in [1.82, 2.24) is 4.90 Å². The third kappa shape index (κ3) is 3.21. The number of aliphatic carboxylic acids is 2. The summed E-state index contributed by atoms with van der Waals surface area (Å²) in [5.74, 6) is -3.61. The predicted molar refractivity (Wildman–Crippen MR) is 102 cm³/mol. The van der Waals surface area contributed by atoms with Crippen LogP contribution in [0.3, 0.4) is 0 Å². The molecule has 2 aliphatic heterocycles. The standard InChI is InChI=1S/C17H14N2O6S2/c1-18-9-5-3-2-4-8(9)12(14(18)22)13-15(23)19(17(26)27-13)10(16(24)25)6-7-11(20)21/h2-5,10H,6-7H2,1H3,(H,20,21)(H,24,25)/b13-12-/t10-/m1/s1. The van der Waals surface area contributed by atoms with Gasteiger partial charge in [-0.3, -0.25) is 19.3 Å². The summed E-state index contributed by atoms with van der Waals surface area (Å²) < 4.78 is -0.0138. The third-order valence-corrected chi connectivity index (χ3v) is 5.71. The summed E-state index contributed by atoms with van der Waals surface area (Å²) in [4.78, 5) is 50.4. The number of para-hydroxylation sites is 1. The number of thioether (sulfide) groups is 1. The highest BCUT2D eigenvalue weighted by Crippen LogP contribution is 2.44.